The number of nitrogens with one attached hydrogen (secondary N) is 2. The first-order valence-electron chi connectivity index (χ1n) is 8.09. The average Bonchev–Trinajstić information content (AvgIpc) is 2.54. The highest BCUT2D eigenvalue weighted by atomic mass is 16.4. The number of carbonyl (C=O) groups excluding carboxylic acids is 1. The van der Waals surface area contributed by atoms with Crippen LogP contribution in [0.25, 0.3) is 0 Å². The number of carboxylic acid groups (broad SMARTS) is 1. The normalized spacial score (nSPS) is 15.0. The smallest absolute Gasteiger partial charge is 0.335 e. The topological polar surface area (TPSA) is 81.7 Å². The van der Waals surface area contributed by atoms with Gasteiger partial charge in [0.05, 0.1) is 23.5 Å². The second-order valence-electron chi connectivity index (χ2n) is 6.81. The molecule has 0 aliphatic carbocycles. The molecule has 2 aromatic carbocycles. The number of aromatic carboxylic acids is 1. The monoisotopic (exact) mass is 339 g/mol. The zero-order chi connectivity index (χ0) is 18.0. The lowest BCUT2D eigenvalue weighted by atomic mass is 9.99. The van der Waals surface area contributed by atoms with Gasteiger partial charge < -0.3 is 20.6 Å². The summed E-state index contributed by atoms with van der Waals surface area (Å²) in [5.74, 6) is -1.13. The van der Waals surface area contributed by atoms with Gasteiger partial charge in [-0.05, 0) is 50.2 Å². The number of carbonyl (C=O) groups is 2. The van der Waals surface area contributed by atoms with Gasteiger partial charge in [-0.25, -0.2) is 4.79 Å². The zero-order valence-electron chi connectivity index (χ0n) is 14.2. The number of para-hydroxylation sites is 2. The SMILES string of the molecule is CC1(C)CN(CC(=O)Nc2ccc(C(=O)O)cc2)c2ccccc2N1. The molecular formula is C19H21N3O3. The van der Waals surface area contributed by atoms with Gasteiger partial charge in [0, 0.05) is 17.8 Å². The van der Waals surface area contributed by atoms with Crippen LogP contribution in [0.4, 0.5) is 17.1 Å². The van der Waals surface area contributed by atoms with E-state index in [1.807, 2.05) is 29.2 Å². The minimum Gasteiger partial charge on any atom is -0.478 e. The molecular weight excluding hydrogens is 318 g/mol. The van der Waals surface area contributed by atoms with E-state index in [0.29, 0.717) is 12.2 Å². The summed E-state index contributed by atoms with van der Waals surface area (Å²) < 4.78 is 0. The van der Waals surface area contributed by atoms with E-state index in [4.69, 9.17) is 5.11 Å². The van der Waals surface area contributed by atoms with Gasteiger partial charge in [-0.15, -0.1) is 0 Å². The molecule has 0 atom stereocenters. The molecule has 0 radical (unpaired) electrons. The fourth-order valence-corrected chi connectivity index (χ4v) is 3.03. The van der Waals surface area contributed by atoms with E-state index in [9.17, 15) is 9.59 Å². The molecule has 1 aliphatic heterocycles. The maximum Gasteiger partial charge on any atom is 0.335 e. The molecule has 3 N–H and O–H groups in total. The van der Waals surface area contributed by atoms with Crippen molar-refractivity contribution in [2.45, 2.75) is 19.4 Å². The van der Waals surface area contributed by atoms with E-state index in [1.54, 1.807) is 12.1 Å². The molecule has 0 saturated heterocycles. The molecule has 6 nitrogen and oxygen atoms in total. The van der Waals surface area contributed by atoms with Crippen molar-refractivity contribution in [3.8, 4) is 0 Å². The first-order valence-corrected chi connectivity index (χ1v) is 8.09. The van der Waals surface area contributed by atoms with Crippen LogP contribution in [0.2, 0.25) is 0 Å². The lowest BCUT2D eigenvalue weighted by Crippen LogP contribution is -2.50. The van der Waals surface area contributed by atoms with E-state index in [2.05, 4.69) is 24.5 Å². The van der Waals surface area contributed by atoms with Crippen molar-refractivity contribution < 1.29 is 14.7 Å². The second kappa shape index (κ2) is 6.47. The summed E-state index contributed by atoms with van der Waals surface area (Å²) in [6.45, 7) is 5.12. The number of anilines is 3. The number of hydrogen-bond acceptors (Lipinski definition) is 4. The number of nitrogens with zero attached hydrogens (tertiary/aromatic N) is 1. The van der Waals surface area contributed by atoms with Crippen molar-refractivity contribution in [1.29, 1.82) is 0 Å². The second-order valence-corrected chi connectivity index (χ2v) is 6.81. The Kier molecular flexibility index (Phi) is 4.35. The van der Waals surface area contributed by atoms with Gasteiger partial charge in [0.15, 0.2) is 0 Å². The highest BCUT2D eigenvalue weighted by Gasteiger charge is 2.30. The van der Waals surface area contributed by atoms with Gasteiger partial charge >= 0.3 is 5.97 Å². The Morgan fingerprint density at radius 3 is 2.52 bits per heavy atom. The van der Waals surface area contributed by atoms with Crippen molar-refractivity contribution in [2.75, 3.05) is 28.6 Å². The van der Waals surface area contributed by atoms with Crippen molar-refractivity contribution >= 4 is 28.9 Å². The van der Waals surface area contributed by atoms with Crippen LogP contribution in [0.1, 0.15) is 24.2 Å². The van der Waals surface area contributed by atoms with Crippen LogP contribution in [-0.4, -0.2) is 35.6 Å². The molecule has 0 spiro atoms. The number of carboxylic acids is 1. The largest absolute Gasteiger partial charge is 0.478 e. The maximum atomic E-state index is 12.4. The fraction of sp³-hybridized carbons (Fsp3) is 0.263. The third-order valence-corrected chi connectivity index (χ3v) is 4.05. The Balaban J connectivity index is 1.71. The van der Waals surface area contributed by atoms with Gasteiger partial charge in [-0.1, -0.05) is 12.1 Å². The fourth-order valence-electron chi connectivity index (χ4n) is 3.03. The van der Waals surface area contributed by atoms with Crippen LogP contribution in [0, 0.1) is 0 Å². The lowest BCUT2D eigenvalue weighted by Gasteiger charge is -2.41. The number of rotatable bonds is 4. The lowest BCUT2D eigenvalue weighted by molar-refractivity contribution is -0.115. The highest BCUT2D eigenvalue weighted by Crippen LogP contribution is 2.33. The van der Waals surface area contributed by atoms with Gasteiger partial charge in [-0.3, -0.25) is 4.79 Å². The minimum absolute atomic E-state index is 0.141. The summed E-state index contributed by atoms with van der Waals surface area (Å²) >= 11 is 0. The maximum absolute atomic E-state index is 12.4. The van der Waals surface area contributed by atoms with Crippen LogP contribution in [0.15, 0.2) is 48.5 Å². The van der Waals surface area contributed by atoms with E-state index in [-0.39, 0.29) is 23.6 Å². The Bertz CT molecular complexity index is 800. The Morgan fingerprint density at radius 1 is 1.16 bits per heavy atom. The quantitative estimate of drug-likeness (QED) is 0.798. The molecule has 3 rings (SSSR count). The first kappa shape index (κ1) is 16.8. The van der Waals surface area contributed by atoms with Crippen molar-refractivity contribution in [3.05, 3.63) is 54.1 Å². The number of hydrogen-bond donors (Lipinski definition) is 3. The van der Waals surface area contributed by atoms with Crippen molar-refractivity contribution in [1.82, 2.24) is 0 Å². The summed E-state index contributed by atoms with van der Waals surface area (Å²) in [5.41, 5.74) is 2.64. The Morgan fingerprint density at radius 2 is 1.84 bits per heavy atom. The van der Waals surface area contributed by atoms with Crippen LogP contribution < -0.4 is 15.5 Å². The average molecular weight is 339 g/mol. The van der Waals surface area contributed by atoms with Gasteiger partial charge in [0.1, 0.15) is 0 Å². The van der Waals surface area contributed by atoms with Gasteiger partial charge in [0.25, 0.3) is 0 Å². The van der Waals surface area contributed by atoms with Crippen LogP contribution >= 0.6 is 0 Å². The van der Waals surface area contributed by atoms with Crippen molar-refractivity contribution in [2.24, 2.45) is 0 Å². The van der Waals surface area contributed by atoms with Gasteiger partial charge in [-0.2, -0.15) is 0 Å². The summed E-state index contributed by atoms with van der Waals surface area (Å²) in [6, 6.07) is 14.1. The van der Waals surface area contributed by atoms with E-state index in [0.717, 1.165) is 11.4 Å². The minimum atomic E-state index is -0.988. The third kappa shape index (κ3) is 3.91. The summed E-state index contributed by atoms with van der Waals surface area (Å²) in [4.78, 5) is 25.4. The zero-order valence-corrected chi connectivity index (χ0v) is 14.2. The Hall–Kier alpha value is -3.02. The molecule has 1 aliphatic rings. The molecule has 0 aromatic heterocycles. The van der Waals surface area contributed by atoms with Crippen molar-refractivity contribution in [3.63, 3.8) is 0 Å². The molecule has 0 saturated carbocycles. The van der Waals surface area contributed by atoms with E-state index >= 15 is 0 Å². The number of amides is 1. The summed E-state index contributed by atoms with van der Waals surface area (Å²) in [7, 11) is 0. The van der Waals surface area contributed by atoms with E-state index < -0.39 is 5.97 Å². The molecule has 1 amide bonds. The first-order chi connectivity index (χ1) is 11.8. The molecule has 0 bridgehead atoms. The number of fused-ring (bicyclic) bond motifs is 1. The molecule has 130 valence electrons. The molecule has 0 unspecified atom stereocenters. The molecule has 25 heavy (non-hydrogen) atoms. The molecule has 2 aromatic rings. The van der Waals surface area contributed by atoms with Crippen LogP contribution in [0.3, 0.4) is 0 Å². The van der Waals surface area contributed by atoms with Gasteiger partial charge in [0.2, 0.25) is 5.91 Å². The predicted octanol–water partition coefficient (Wildman–Crippen LogP) is 3.03. The molecule has 6 heteroatoms. The van der Waals surface area contributed by atoms with Crippen LogP contribution in [-0.2, 0) is 4.79 Å². The predicted molar refractivity (Wildman–Crippen MR) is 98.4 cm³/mol. The highest BCUT2D eigenvalue weighted by molar-refractivity contribution is 5.95. The summed E-state index contributed by atoms with van der Waals surface area (Å²) in [5, 5.41) is 15.2. The van der Waals surface area contributed by atoms with E-state index in [1.165, 1.54) is 12.1 Å². The summed E-state index contributed by atoms with van der Waals surface area (Å²) in [6.07, 6.45) is 0. The number of benzene rings is 2. The standard InChI is InChI=1S/C19H21N3O3/c1-19(2)12-22(16-6-4-3-5-15(16)21-19)11-17(23)20-14-9-7-13(8-10-14)18(24)25/h3-10,21H,11-12H2,1-2H3,(H,20,23)(H,24,25). The van der Waals surface area contributed by atoms with Crippen LogP contribution in [0.5, 0.6) is 0 Å². The third-order valence-electron chi connectivity index (χ3n) is 4.05. The Labute approximate surface area is 146 Å². The molecule has 1 heterocycles. The molecule has 0 fully saturated rings.